The Hall–Kier alpha value is -3.54. The van der Waals surface area contributed by atoms with Crippen molar-refractivity contribution in [2.75, 3.05) is 32.8 Å². The van der Waals surface area contributed by atoms with E-state index in [0.29, 0.717) is 0 Å². The van der Waals surface area contributed by atoms with Crippen molar-refractivity contribution in [3.05, 3.63) is 85.1 Å². The van der Waals surface area contributed by atoms with Crippen molar-refractivity contribution in [1.82, 2.24) is 13.9 Å². The van der Waals surface area contributed by atoms with Crippen molar-refractivity contribution in [2.45, 2.75) is 6.54 Å². The van der Waals surface area contributed by atoms with E-state index in [2.05, 4.69) is 74.7 Å². The summed E-state index contributed by atoms with van der Waals surface area (Å²) < 4.78 is 10.3. The van der Waals surface area contributed by atoms with Crippen LogP contribution in [0, 0.1) is 0 Å². The van der Waals surface area contributed by atoms with Gasteiger partial charge >= 0.3 is 0 Å². The highest BCUT2D eigenvalue weighted by Crippen LogP contribution is 2.40. The van der Waals surface area contributed by atoms with Crippen LogP contribution in [-0.4, -0.2) is 51.8 Å². The summed E-state index contributed by atoms with van der Waals surface area (Å²) in [5.74, 6) is 0.282. The minimum Gasteiger partial charge on any atom is -0.508 e. The van der Waals surface area contributed by atoms with E-state index < -0.39 is 0 Å². The summed E-state index contributed by atoms with van der Waals surface area (Å²) in [6.45, 7) is 5.50. The molecule has 166 valence electrons. The molecule has 3 aromatic carbocycles. The third-order valence-corrected chi connectivity index (χ3v) is 6.65. The third-order valence-electron chi connectivity index (χ3n) is 6.65. The fourth-order valence-electron chi connectivity index (χ4n) is 5.00. The van der Waals surface area contributed by atoms with E-state index in [9.17, 15) is 5.11 Å². The van der Waals surface area contributed by atoms with Crippen LogP contribution in [0.4, 0.5) is 0 Å². The first-order valence-corrected chi connectivity index (χ1v) is 11.6. The Balaban J connectivity index is 1.58. The van der Waals surface area contributed by atoms with Gasteiger partial charge in [-0.3, -0.25) is 9.30 Å². The van der Waals surface area contributed by atoms with E-state index >= 15 is 0 Å². The topological polar surface area (TPSA) is 42.0 Å². The summed E-state index contributed by atoms with van der Waals surface area (Å²) in [4.78, 5) is 2.49. The Kier molecular flexibility index (Phi) is 5.13. The number of hydrogen-bond acceptors (Lipinski definition) is 3. The fourth-order valence-corrected chi connectivity index (χ4v) is 5.00. The van der Waals surface area contributed by atoms with Gasteiger partial charge in [-0.1, -0.05) is 54.6 Å². The highest BCUT2D eigenvalue weighted by atomic mass is 16.5. The minimum absolute atomic E-state index is 0.282. The molecule has 0 radical (unpaired) electrons. The number of imidazole rings is 1. The molecule has 0 spiro atoms. The normalized spacial score (nSPS) is 14.9. The van der Waals surface area contributed by atoms with Crippen molar-refractivity contribution >= 4 is 16.7 Å². The number of aromatic nitrogens is 2. The Morgan fingerprint density at radius 3 is 2.18 bits per heavy atom. The molecule has 2 aromatic heterocycles. The van der Waals surface area contributed by atoms with Gasteiger partial charge in [0, 0.05) is 43.5 Å². The van der Waals surface area contributed by atoms with Gasteiger partial charge in [0.2, 0.25) is 0 Å². The summed E-state index contributed by atoms with van der Waals surface area (Å²) in [5.41, 5.74) is 8.34. The van der Waals surface area contributed by atoms with Gasteiger partial charge in [0.05, 0.1) is 24.2 Å². The van der Waals surface area contributed by atoms with Crippen LogP contribution in [0.5, 0.6) is 5.75 Å². The zero-order valence-electron chi connectivity index (χ0n) is 18.5. The average molecular weight is 438 g/mol. The molecule has 0 saturated carbocycles. The number of fused-ring (bicyclic) bond motifs is 3. The second-order valence-electron chi connectivity index (χ2n) is 8.62. The molecule has 5 aromatic rings. The Morgan fingerprint density at radius 1 is 0.727 bits per heavy atom. The zero-order valence-corrected chi connectivity index (χ0v) is 18.5. The van der Waals surface area contributed by atoms with Crippen molar-refractivity contribution < 1.29 is 9.84 Å². The van der Waals surface area contributed by atoms with Gasteiger partial charge in [0.1, 0.15) is 11.4 Å². The first-order chi connectivity index (χ1) is 16.3. The molecule has 1 aliphatic heterocycles. The van der Waals surface area contributed by atoms with Crippen LogP contribution in [0.25, 0.3) is 38.9 Å². The molecule has 6 rings (SSSR count). The fraction of sp³-hybridized carbons (Fsp3) is 0.214. The summed E-state index contributed by atoms with van der Waals surface area (Å²) in [6, 6.07) is 26.8. The number of morpholine rings is 1. The second kappa shape index (κ2) is 8.43. The number of nitrogens with zero attached hydrogens (tertiary/aromatic N) is 3. The van der Waals surface area contributed by atoms with Crippen LogP contribution in [0.15, 0.2) is 85.1 Å². The highest BCUT2D eigenvalue weighted by Gasteiger charge is 2.22. The van der Waals surface area contributed by atoms with Crippen molar-refractivity contribution in [1.29, 1.82) is 0 Å². The molecule has 0 atom stereocenters. The van der Waals surface area contributed by atoms with E-state index in [4.69, 9.17) is 4.74 Å². The summed E-state index contributed by atoms with van der Waals surface area (Å²) in [7, 11) is 0. The van der Waals surface area contributed by atoms with E-state index in [1.165, 1.54) is 33.4 Å². The highest BCUT2D eigenvalue weighted by molar-refractivity contribution is 5.98. The van der Waals surface area contributed by atoms with Crippen LogP contribution < -0.4 is 0 Å². The van der Waals surface area contributed by atoms with Gasteiger partial charge in [-0.15, -0.1) is 0 Å². The van der Waals surface area contributed by atoms with Gasteiger partial charge in [-0.05, 0) is 35.4 Å². The number of aromatic hydroxyl groups is 1. The Bertz CT molecular complexity index is 1390. The third kappa shape index (κ3) is 3.59. The van der Waals surface area contributed by atoms with E-state index in [0.717, 1.165) is 45.0 Å². The number of phenols is 1. The predicted molar refractivity (Wildman–Crippen MR) is 133 cm³/mol. The SMILES string of the molecule is Oc1ccc(-c2cn3c4ccccc4n(CCN4CCOCC4)c3c2-c2ccccc2)cc1. The molecule has 5 heteroatoms. The smallest absolute Gasteiger partial charge is 0.126 e. The number of hydrogen-bond donors (Lipinski definition) is 1. The lowest BCUT2D eigenvalue weighted by Crippen LogP contribution is -2.38. The molecule has 1 saturated heterocycles. The monoisotopic (exact) mass is 437 g/mol. The van der Waals surface area contributed by atoms with E-state index in [1.54, 1.807) is 12.1 Å². The maximum absolute atomic E-state index is 9.85. The molecule has 0 aliphatic carbocycles. The maximum Gasteiger partial charge on any atom is 0.126 e. The zero-order chi connectivity index (χ0) is 22.2. The molecule has 1 fully saturated rings. The van der Waals surface area contributed by atoms with Gasteiger partial charge in [-0.25, -0.2) is 0 Å². The molecule has 0 amide bonds. The lowest BCUT2D eigenvalue weighted by molar-refractivity contribution is 0.0366. The Morgan fingerprint density at radius 2 is 1.42 bits per heavy atom. The second-order valence-corrected chi connectivity index (χ2v) is 8.62. The van der Waals surface area contributed by atoms with Gasteiger partial charge in [0.15, 0.2) is 0 Å². The molecule has 1 aliphatic rings. The minimum atomic E-state index is 0.282. The van der Waals surface area contributed by atoms with Crippen LogP contribution in [0.3, 0.4) is 0 Å². The average Bonchev–Trinajstić information content (AvgIpc) is 3.40. The van der Waals surface area contributed by atoms with Gasteiger partial charge in [-0.2, -0.15) is 0 Å². The maximum atomic E-state index is 9.85. The summed E-state index contributed by atoms with van der Waals surface area (Å²) in [6.07, 6.45) is 2.25. The van der Waals surface area contributed by atoms with Crippen LogP contribution in [0.1, 0.15) is 0 Å². The lowest BCUT2D eigenvalue weighted by Gasteiger charge is -2.26. The largest absolute Gasteiger partial charge is 0.508 e. The number of phenolic OH excluding ortho intramolecular Hbond substituents is 1. The molecular formula is C28H27N3O2. The Labute approximate surface area is 193 Å². The molecule has 33 heavy (non-hydrogen) atoms. The first-order valence-electron chi connectivity index (χ1n) is 11.6. The molecule has 3 heterocycles. The molecular weight excluding hydrogens is 410 g/mol. The first kappa shape index (κ1) is 20.1. The number of benzene rings is 3. The van der Waals surface area contributed by atoms with E-state index in [1.807, 2.05) is 12.1 Å². The number of rotatable bonds is 5. The lowest BCUT2D eigenvalue weighted by atomic mass is 9.98. The standard InChI is InChI=1S/C28H27N3O2/c32-23-12-10-21(11-13-23)24-20-31-26-9-5-4-8-25(26)30(15-14-29-16-18-33-19-17-29)28(31)27(24)22-6-2-1-3-7-22/h1-13,20,32H,14-19H2. The van der Waals surface area contributed by atoms with E-state index in [-0.39, 0.29) is 5.75 Å². The number of ether oxygens (including phenoxy) is 1. The summed E-state index contributed by atoms with van der Waals surface area (Å²) >= 11 is 0. The van der Waals surface area contributed by atoms with Crippen molar-refractivity contribution in [2.24, 2.45) is 0 Å². The van der Waals surface area contributed by atoms with Crippen LogP contribution >= 0.6 is 0 Å². The molecule has 0 unspecified atom stereocenters. The molecule has 1 N–H and O–H groups in total. The quantitative estimate of drug-likeness (QED) is 0.408. The summed E-state index contributed by atoms with van der Waals surface area (Å²) in [5, 5.41) is 9.85. The van der Waals surface area contributed by atoms with Crippen LogP contribution in [-0.2, 0) is 11.3 Å². The van der Waals surface area contributed by atoms with Gasteiger partial charge in [0.25, 0.3) is 0 Å². The number of para-hydroxylation sites is 2. The predicted octanol–water partition coefficient (Wildman–Crippen LogP) is 5.27. The van der Waals surface area contributed by atoms with Gasteiger partial charge < -0.3 is 14.4 Å². The molecule has 5 nitrogen and oxygen atoms in total. The van der Waals surface area contributed by atoms with Crippen LogP contribution in [0.2, 0.25) is 0 Å². The van der Waals surface area contributed by atoms with Crippen molar-refractivity contribution in [3.63, 3.8) is 0 Å². The molecule has 0 bridgehead atoms. The van der Waals surface area contributed by atoms with Crippen molar-refractivity contribution in [3.8, 4) is 28.0 Å².